The van der Waals surface area contributed by atoms with Crippen molar-refractivity contribution in [2.24, 2.45) is 11.3 Å². The Hall–Kier alpha value is -1.02. The summed E-state index contributed by atoms with van der Waals surface area (Å²) in [5.41, 5.74) is 1.89. The van der Waals surface area contributed by atoms with Gasteiger partial charge in [0.2, 0.25) is 0 Å². The molecule has 2 fully saturated rings. The molecule has 2 heteroatoms. The van der Waals surface area contributed by atoms with Crippen LogP contribution in [0.5, 0.6) is 5.75 Å². The molecule has 0 bridgehead atoms. The van der Waals surface area contributed by atoms with E-state index in [4.69, 9.17) is 4.74 Å². The second-order valence-electron chi connectivity index (χ2n) is 8.57. The second kappa shape index (κ2) is 7.25. The van der Waals surface area contributed by atoms with E-state index in [1.807, 2.05) is 0 Å². The van der Waals surface area contributed by atoms with Crippen molar-refractivity contribution >= 4 is 0 Å². The van der Waals surface area contributed by atoms with Gasteiger partial charge in [-0.05, 0) is 80.0 Å². The highest BCUT2D eigenvalue weighted by atomic mass is 16.5. The largest absolute Gasteiger partial charge is 0.490 e. The van der Waals surface area contributed by atoms with Gasteiger partial charge in [-0.1, -0.05) is 32.9 Å². The molecule has 1 saturated carbocycles. The third-order valence-electron chi connectivity index (χ3n) is 5.83. The van der Waals surface area contributed by atoms with Crippen molar-refractivity contribution < 1.29 is 4.74 Å². The maximum atomic E-state index is 6.33. The molecule has 1 aliphatic heterocycles. The topological polar surface area (TPSA) is 21.3 Å². The van der Waals surface area contributed by atoms with E-state index in [-0.39, 0.29) is 0 Å². The Bertz CT molecular complexity index is 491. The highest BCUT2D eigenvalue weighted by Gasteiger charge is 2.30. The smallest absolute Gasteiger partial charge is 0.120 e. The molecule has 0 amide bonds. The predicted octanol–water partition coefficient (Wildman–Crippen LogP) is 5.14. The molecule has 3 rings (SSSR count). The van der Waals surface area contributed by atoms with Crippen LogP contribution in [0.2, 0.25) is 0 Å². The molecule has 0 aromatic heterocycles. The van der Waals surface area contributed by atoms with E-state index in [0.717, 1.165) is 18.2 Å². The maximum Gasteiger partial charge on any atom is 0.120 e. The highest BCUT2D eigenvalue weighted by molar-refractivity contribution is 5.31. The number of ether oxygens (including phenoxy) is 1. The number of nitrogens with one attached hydrogen (secondary N) is 1. The standard InChI is InChI=1S/C21H33NO/c1-21(2,3)18-9-11-19(12-10-18)23-20-8-4-6-16(14-20)17-7-5-13-22-15-17/h4,6,8,14,17-19,22H,5,7,9-13,15H2,1-3H3/t17?,18-,19-. The molecule has 128 valence electrons. The number of piperidine rings is 1. The minimum atomic E-state index is 0.410. The first-order chi connectivity index (χ1) is 11.0. The molecule has 2 nitrogen and oxygen atoms in total. The summed E-state index contributed by atoms with van der Waals surface area (Å²) in [6.07, 6.45) is 8.02. The van der Waals surface area contributed by atoms with E-state index in [2.05, 4.69) is 50.4 Å². The van der Waals surface area contributed by atoms with Crippen LogP contribution in [0.3, 0.4) is 0 Å². The molecule has 1 N–H and O–H groups in total. The summed E-state index contributed by atoms with van der Waals surface area (Å²) in [6.45, 7) is 9.41. The molecule has 1 heterocycles. The van der Waals surface area contributed by atoms with Crippen LogP contribution in [-0.4, -0.2) is 19.2 Å². The summed E-state index contributed by atoms with van der Waals surface area (Å²) in [4.78, 5) is 0. The van der Waals surface area contributed by atoms with Gasteiger partial charge in [0.15, 0.2) is 0 Å². The SMILES string of the molecule is CC(C)(C)[C@H]1CC[C@H](Oc2cccc(C3CCCNC3)c2)CC1. The van der Waals surface area contributed by atoms with Gasteiger partial charge in [-0.3, -0.25) is 0 Å². The Balaban J connectivity index is 1.56. The lowest BCUT2D eigenvalue weighted by Gasteiger charge is -2.37. The zero-order valence-electron chi connectivity index (χ0n) is 15.1. The van der Waals surface area contributed by atoms with E-state index in [9.17, 15) is 0 Å². The van der Waals surface area contributed by atoms with Crippen LogP contribution >= 0.6 is 0 Å². The molecule has 1 aliphatic carbocycles. The van der Waals surface area contributed by atoms with Crippen molar-refractivity contribution in [3.8, 4) is 5.75 Å². The molecular formula is C21H33NO. The fraction of sp³-hybridized carbons (Fsp3) is 0.714. The monoisotopic (exact) mass is 315 g/mol. The summed E-state index contributed by atoms with van der Waals surface area (Å²) in [7, 11) is 0. The van der Waals surface area contributed by atoms with Gasteiger partial charge in [0.25, 0.3) is 0 Å². The first-order valence-electron chi connectivity index (χ1n) is 9.50. The second-order valence-corrected chi connectivity index (χ2v) is 8.57. The van der Waals surface area contributed by atoms with Crippen LogP contribution in [0.15, 0.2) is 24.3 Å². The lowest BCUT2D eigenvalue weighted by molar-refractivity contribution is 0.0881. The van der Waals surface area contributed by atoms with Crippen molar-refractivity contribution in [1.29, 1.82) is 0 Å². The van der Waals surface area contributed by atoms with Gasteiger partial charge in [-0.25, -0.2) is 0 Å². The van der Waals surface area contributed by atoms with E-state index in [0.29, 0.717) is 17.4 Å². The molecule has 1 aromatic carbocycles. The Morgan fingerprint density at radius 1 is 1.04 bits per heavy atom. The van der Waals surface area contributed by atoms with Crippen molar-refractivity contribution in [3.05, 3.63) is 29.8 Å². The third-order valence-corrected chi connectivity index (χ3v) is 5.83. The Kier molecular flexibility index (Phi) is 5.31. The summed E-state index contributed by atoms with van der Waals surface area (Å²) in [5, 5.41) is 3.51. The van der Waals surface area contributed by atoms with Crippen LogP contribution in [-0.2, 0) is 0 Å². The number of hydrogen-bond acceptors (Lipinski definition) is 2. The van der Waals surface area contributed by atoms with Crippen LogP contribution in [0.1, 0.15) is 70.8 Å². The predicted molar refractivity (Wildman–Crippen MR) is 97.1 cm³/mol. The van der Waals surface area contributed by atoms with Crippen LogP contribution in [0.25, 0.3) is 0 Å². The molecule has 1 saturated heterocycles. The van der Waals surface area contributed by atoms with E-state index in [1.54, 1.807) is 0 Å². The van der Waals surface area contributed by atoms with Gasteiger partial charge in [0, 0.05) is 6.54 Å². The van der Waals surface area contributed by atoms with Gasteiger partial charge in [-0.15, -0.1) is 0 Å². The number of rotatable bonds is 3. The summed E-state index contributed by atoms with van der Waals surface area (Å²) >= 11 is 0. The van der Waals surface area contributed by atoms with Gasteiger partial charge in [0.05, 0.1) is 6.10 Å². The van der Waals surface area contributed by atoms with E-state index in [1.165, 1.54) is 50.6 Å². The summed E-state index contributed by atoms with van der Waals surface area (Å²) < 4.78 is 6.33. The van der Waals surface area contributed by atoms with E-state index < -0.39 is 0 Å². The zero-order chi connectivity index (χ0) is 16.3. The van der Waals surface area contributed by atoms with Crippen molar-refractivity contribution in [2.75, 3.05) is 13.1 Å². The lowest BCUT2D eigenvalue weighted by Crippen LogP contribution is -2.30. The Morgan fingerprint density at radius 3 is 2.48 bits per heavy atom. The molecule has 2 aliphatic rings. The molecule has 0 radical (unpaired) electrons. The molecule has 23 heavy (non-hydrogen) atoms. The number of hydrogen-bond donors (Lipinski definition) is 1. The van der Waals surface area contributed by atoms with Crippen molar-refractivity contribution in [2.45, 2.75) is 71.3 Å². The minimum Gasteiger partial charge on any atom is -0.490 e. The fourth-order valence-electron chi connectivity index (χ4n) is 4.22. The highest BCUT2D eigenvalue weighted by Crippen LogP contribution is 2.39. The summed E-state index contributed by atoms with van der Waals surface area (Å²) in [6, 6.07) is 8.85. The van der Waals surface area contributed by atoms with Gasteiger partial charge >= 0.3 is 0 Å². The van der Waals surface area contributed by atoms with Crippen LogP contribution in [0.4, 0.5) is 0 Å². The zero-order valence-corrected chi connectivity index (χ0v) is 15.1. The lowest BCUT2D eigenvalue weighted by atomic mass is 9.72. The van der Waals surface area contributed by atoms with Gasteiger partial charge in [0.1, 0.15) is 5.75 Å². The molecule has 1 unspecified atom stereocenters. The molecular weight excluding hydrogens is 282 g/mol. The molecule has 0 spiro atoms. The average Bonchev–Trinajstić information content (AvgIpc) is 2.56. The van der Waals surface area contributed by atoms with Crippen LogP contribution in [0, 0.1) is 11.3 Å². The summed E-state index contributed by atoms with van der Waals surface area (Å²) in [5.74, 6) is 2.58. The van der Waals surface area contributed by atoms with Crippen LogP contribution < -0.4 is 10.1 Å². The Labute approximate surface area is 142 Å². The van der Waals surface area contributed by atoms with Gasteiger partial charge in [-0.2, -0.15) is 0 Å². The third kappa shape index (κ3) is 4.50. The molecule has 1 aromatic rings. The average molecular weight is 316 g/mol. The Morgan fingerprint density at radius 2 is 1.83 bits per heavy atom. The maximum absolute atomic E-state index is 6.33. The fourth-order valence-corrected chi connectivity index (χ4v) is 4.22. The first kappa shape index (κ1) is 16.8. The molecule has 1 atom stereocenters. The van der Waals surface area contributed by atoms with Gasteiger partial charge < -0.3 is 10.1 Å². The van der Waals surface area contributed by atoms with Crippen molar-refractivity contribution in [3.63, 3.8) is 0 Å². The minimum absolute atomic E-state index is 0.410. The normalized spacial score (nSPS) is 29.3. The van der Waals surface area contributed by atoms with E-state index >= 15 is 0 Å². The quantitative estimate of drug-likeness (QED) is 0.834. The number of benzene rings is 1. The first-order valence-corrected chi connectivity index (χ1v) is 9.50. The van der Waals surface area contributed by atoms with Crippen molar-refractivity contribution in [1.82, 2.24) is 5.32 Å².